The van der Waals surface area contributed by atoms with Crippen molar-refractivity contribution in [2.75, 3.05) is 18.4 Å². The van der Waals surface area contributed by atoms with E-state index < -0.39 is 11.0 Å². The van der Waals surface area contributed by atoms with E-state index in [4.69, 9.17) is 4.74 Å². The molecule has 2 amide bonds. The number of hydrogen-bond donors (Lipinski definition) is 1. The fourth-order valence-electron chi connectivity index (χ4n) is 2.98. The first-order valence-corrected chi connectivity index (χ1v) is 7.43. The van der Waals surface area contributed by atoms with Gasteiger partial charge in [-0.3, -0.25) is 9.78 Å². The van der Waals surface area contributed by atoms with Gasteiger partial charge < -0.3 is 15.0 Å². The van der Waals surface area contributed by atoms with Crippen molar-refractivity contribution in [3.63, 3.8) is 0 Å². The molecule has 0 saturated carbocycles. The van der Waals surface area contributed by atoms with Gasteiger partial charge in [-0.05, 0) is 33.6 Å². The third-order valence-corrected chi connectivity index (χ3v) is 4.09. The average molecular weight is 304 g/mol. The Morgan fingerprint density at radius 3 is 2.55 bits per heavy atom. The first kappa shape index (κ1) is 14.7. The zero-order valence-electron chi connectivity index (χ0n) is 13.0. The Labute approximate surface area is 129 Å². The van der Waals surface area contributed by atoms with E-state index in [9.17, 15) is 9.59 Å². The van der Waals surface area contributed by atoms with Crippen LogP contribution < -0.4 is 5.32 Å². The molecule has 1 aromatic rings. The van der Waals surface area contributed by atoms with Gasteiger partial charge in [-0.1, -0.05) is 0 Å². The van der Waals surface area contributed by atoms with E-state index in [1.807, 2.05) is 20.8 Å². The molecule has 2 aliphatic rings. The van der Waals surface area contributed by atoms with Crippen LogP contribution in [0.1, 0.15) is 39.3 Å². The highest BCUT2D eigenvalue weighted by Crippen LogP contribution is 2.42. The molecule has 7 nitrogen and oxygen atoms in total. The van der Waals surface area contributed by atoms with Gasteiger partial charge >= 0.3 is 6.09 Å². The van der Waals surface area contributed by atoms with Gasteiger partial charge in [0.25, 0.3) is 0 Å². The normalized spacial score (nSPS) is 19.8. The predicted molar refractivity (Wildman–Crippen MR) is 79.4 cm³/mol. The topological polar surface area (TPSA) is 84.4 Å². The van der Waals surface area contributed by atoms with Gasteiger partial charge in [0, 0.05) is 25.5 Å². The predicted octanol–water partition coefficient (Wildman–Crippen LogP) is 1.70. The molecule has 0 unspecified atom stereocenters. The lowest BCUT2D eigenvalue weighted by Crippen LogP contribution is -2.49. The maximum absolute atomic E-state index is 12.4. The number of likely N-dealkylation sites (tertiary alicyclic amines) is 1. The van der Waals surface area contributed by atoms with Crippen molar-refractivity contribution in [2.24, 2.45) is 0 Å². The molecule has 1 aromatic heterocycles. The third-order valence-electron chi connectivity index (χ3n) is 4.09. The summed E-state index contributed by atoms with van der Waals surface area (Å²) in [5.74, 6) is 0.468. The molecule has 3 rings (SSSR count). The van der Waals surface area contributed by atoms with Gasteiger partial charge in [-0.25, -0.2) is 9.78 Å². The Hall–Kier alpha value is -2.18. The number of carbonyl (C=O) groups is 2. The highest BCUT2D eigenvalue weighted by molar-refractivity contribution is 6.04. The first-order valence-electron chi connectivity index (χ1n) is 7.43. The number of ether oxygens (including phenoxy) is 1. The lowest BCUT2D eigenvalue weighted by atomic mass is 9.76. The van der Waals surface area contributed by atoms with Crippen LogP contribution in [0, 0.1) is 0 Å². The zero-order chi connectivity index (χ0) is 16.0. The quantitative estimate of drug-likeness (QED) is 0.788. The van der Waals surface area contributed by atoms with Crippen molar-refractivity contribution in [3.05, 3.63) is 18.1 Å². The molecule has 1 saturated heterocycles. The van der Waals surface area contributed by atoms with Crippen LogP contribution in [0.3, 0.4) is 0 Å². The number of rotatable bonds is 0. The van der Waals surface area contributed by atoms with Crippen molar-refractivity contribution in [3.8, 4) is 0 Å². The van der Waals surface area contributed by atoms with E-state index >= 15 is 0 Å². The second-order valence-corrected chi connectivity index (χ2v) is 6.76. The highest BCUT2D eigenvalue weighted by atomic mass is 16.6. The Balaban J connectivity index is 1.74. The van der Waals surface area contributed by atoms with E-state index in [-0.39, 0.29) is 12.0 Å². The molecule has 22 heavy (non-hydrogen) atoms. The fourth-order valence-corrected chi connectivity index (χ4v) is 2.98. The van der Waals surface area contributed by atoms with Gasteiger partial charge in [0.15, 0.2) is 5.82 Å². The Bertz CT molecular complexity index is 615. The molecular weight excluding hydrogens is 284 g/mol. The summed E-state index contributed by atoms with van der Waals surface area (Å²) in [5, 5.41) is 2.79. The largest absolute Gasteiger partial charge is 0.444 e. The van der Waals surface area contributed by atoms with Crippen LogP contribution >= 0.6 is 0 Å². The minimum Gasteiger partial charge on any atom is -0.444 e. The van der Waals surface area contributed by atoms with Crippen LogP contribution in [-0.4, -0.2) is 45.6 Å². The van der Waals surface area contributed by atoms with Crippen LogP contribution in [0.15, 0.2) is 12.4 Å². The average Bonchev–Trinajstić information content (AvgIpc) is 2.71. The van der Waals surface area contributed by atoms with Crippen molar-refractivity contribution < 1.29 is 14.3 Å². The van der Waals surface area contributed by atoms with Gasteiger partial charge in [-0.15, -0.1) is 0 Å². The summed E-state index contributed by atoms with van der Waals surface area (Å²) in [7, 11) is 0. The van der Waals surface area contributed by atoms with Crippen molar-refractivity contribution in [1.82, 2.24) is 14.9 Å². The van der Waals surface area contributed by atoms with Crippen LogP contribution in [0.25, 0.3) is 0 Å². The van der Waals surface area contributed by atoms with E-state index in [1.165, 1.54) is 0 Å². The second-order valence-electron chi connectivity index (χ2n) is 6.76. The van der Waals surface area contributed by atoms with Gasteiger partial charge in [-0.2, -0.15) is 0 Å². The maximum atomic E-state index is 12.4. The summed E-state index contributed by atoms with van der Waals surface area (Å²) in [4.78, 5) is 34.7. The summed E-state index contributed by atoms with van der Waals surface area (Å²) >= 11 is 0. The summed E-state index contributed by atoms with van der Waals surface area (Å²) in [5.41, 5.74) is -0.485. The van der Waals surface area contributed by atoms with E-state index in [2.05, 4.69) is 15.3 Å². The van der Waals surface area contributed by atoms with Crippen molar-refractivity contribution >= 4 is 17.8 Å². The molecular formula is C15H20N4O3. The summed E-state index contributed by atoms with van der Waals surface area (Å²) < 4.78 is 5.38. The fraction of sp³-hybridized carbons (Fsp3) is 0.600. The molecule has 2 aliphatic heterocycles. The number of fused-ring (bicyclic) bond motifs is 2. The molecule has 1 fully saturated rings. The Morgan fingerprint density at radius 1 is 1.27 bits per heavy atom. The number of hydrogen-bond acceptors (Lipinski definition) is 5. The van der Waals surface area contributed by atoms with Crippen LogP contribution in [0.5, 0.6) is 0 Å². The molecule has 0 aliphatic carbocycles. The Morgan fingerprint density at radius 2 is 1.91 bits per heavy atom. The molecule has 1 spiro atoms. The number of anilines is 1. The third kappa shape index (κ3) is 2.40. The van der Waals surface area contributed by atoms with Crippen molar-refractivity contribution in [1.29, 1.82) is 0 Å². The van der Waals surface area contributed by atoms with E-state index in [1.54, 1.807) is 17.3 Å². The lowest BCUT2D eigenvalue weighted by molar-refractivity contribution is -0.122. The molecule has 3 heterocycles. The van der Waals surface area contributed by atoms with E-state index in [0.29, 0.717) is 37.4 Å². The number of piperidine rings is 1. The minimum atomic E-state index is -0.665. The molecule has 0 bridgehead atoms. The van der Waals surface area contributed by atoms with Gasteiger partial charge in [0.1, 0.15) is 5.60 Å². The van der Waals surface area contributed by atoms with Crippen molar-refractivity contribution in [2.45, 2.75) is 44.6 Å². The van der Waals surface area contributed by atoms with Crippen LogP contribution in [-0.2, 0) is 14.9 Å². The number of amides is 2. The summed E-state index contributed by atoms with van der Waals surface area (Å²) in [6.07, 6.45) is 3.89. The zero-order valence-corrected chi connectivity index (χ0v) is 13.0. The molecule has 0 atom stereocenters. The molecule has 7 heteroatoms. The molecule has 1 N–H and O–H groups in total. The Kier molecular flexibility index (Phi) is 3.30. The van der Waals surface area contributed by atoms with Gasteiger partial charge in [0.05, 0.1) is 11.1 Å². The van der Waals surface area contributed by atoms with Gasteiger partial charge in [0.2, 0.25) is 5.91 Å². The first-order chi connectivity index (χ1) is 10.3. The summed E-state index contributed by atoms with van der Waals surface area (Å²) in [6.45, 7) is 6.46. The second kappa shape index (κ2) is 4.93. The lowest BCUT2D eigenvalue weighted by Gasteiger charge is -2.37. The number of carbonyl (C=O) groups excluding carboxylic acids is 2. The van der Waals surface area contributed by atoms with E-state index in [0.717, 1.165) is 0 Å². The number of nitrogens with one attached hydrogen (secondary N) is 1. The minimum absolute atomic E-state index is 0.0717. The SMILES string of the molecule is CC(C)(C)OC(=O)N1CCC2(CC1)C(=O)Nc1nccnc12. The standard InChI is InChI=1S/C15H20N4O3/c1-14(2,3)22-13(21)19-8-4-15(5-9-19)10-11(18-12(15)20)17-7-6-16-10/h6-7H,4-5,8-9H2,1-3H3,(H,17,18,20). The molecule has 0 radical (unpaired) electrons. The number of nitrogens with zero attached hydrogens (tertiary/aromatic N) is 3. The number of aromatic nitrogens is 2. The monoisotopic (exact) mass is 304 g/mol. The molecule has 118 valence electrons. The molecule has 0 aromatic carbocycles. The summed E-state index contributed by atoms with van der Waals surface area (Å²) in [6, 6.07) is 0. The maximum Gasteiger partial charge on any atom is 0.410 e. The highest BCUT2D eigenvalue weighted by Gasteiger charge is 2.51. The smallest absolute Gasteiger partial charge is 0.410 e. The van der Waals surface area contributed by atoms with Crippen LogP contribution in [0.4, 0.5) is 10.6 Å². The van der Waals surface area contributed by atoms with Crippen LogP contribution in [0.2, 0.25) is 0 Å².